The summed E-state index contributed by atoms with van der Waals surface area (Å²) in [5.74, 6) is -1.66. The Morgan fingerprint density at radius 1 is 1.27 bits per heavy atom. The summed E-state index contributed by atoms with van der Waals surface area (Å²) in [6, 6.07) is 5.03. The second-order valence-electron chi connectivity index (χ2n) is 8.74. The average Bonchev–Trinajstić information content (AvgIpc) is 3.46. The molecule has 2 saturated heterocycles. The maximum absolute atomic E-state index is 13.8. The van der Waals surface area contributed by atoms with Gasteiger partial charge in [-0.3, -0.25) is 24.3 Å². The van der Waals surface area contributed by atoms with Crippen molar-refractivity contribution >= 4 is 35.0 Å². The number of pyridine rings is 1. The molecule has 33 heavy (non-hydrogen) atoms. The van der Waals surface area contributed by atoms with Crippen LogP contribution in [0.25, 0.3) is 0 Å². The van der Waals surface area contributed by atoms with Crippen molar-refractivity contribution < 1.29 is 19.2 Å². The first-order valence-electron chi connectivity index (χ1n) is 11.3. The molecule has 4 amide bonds. The number of ketones is 1. The lowest BCUT2D eigenvalue weighted by Gasteiger charge is -2.41. The van der Waals surface area contributed by atoms with E-state index in [1.807, 2.05) is 29.8 Å². The number of hydrogen-bond acceptors (Lipinski definition) is 6. The van der Waals surface area contributed by atoms with E-state index in [9.17, 15) is 19.2 Å². The fourth-order valence-corrected chi connectivity index (χ4v) is 5.34. The van der Waals surface area contributed by atoms with Crippen molar-refractivity contribution in [2.75, 3.05) is 13.1 Å². The average molecular weight is 469 g/mol. The molecule has 1 N–H and O–H groups in total. The second kappa shape index (κ2) is 9.43. The number of aromatic nitrogens is 1. The molecule has 9 heteroatoms. The number of nitrogens with zero attached hydrogens (tertiary/aromatic N) is 3. The van der Waals surface area contributed by atoms with E-state index in [2.05, 4.69) is 10.3 Å². The van der Waals surface area contributed by atoms with Crippen LogP contribution in [0.4, 0.5) is 4.79 Å². The van der Waals surface area contributed by atoms with Gasteiger partial charge in [0.25, 0.3) is 11.8 Å². The Hall–Kier alpha value is -3.07. The molecule has 2 aromatic heterocycles. The minimum Gasteiger partial charge on any atom is -0.336 e. The van der Waals surface area contributed by atoms with Gasteiger partial charge >= 0.3 is 6.03 Å². The van der Waals surface area contributed by atoms with E-state index >= 15 is 0 Å². The smallest absolute Gasteiger partial charge is 0.325 e. The van der Waals surface area contributed by atoms with Gasteiger partial charge in [0, 0.05) is 37.0 Å². The monoisotopic (exact) mass is 468 g/mol. The molecule has 2 fully saturated rings. The molecule has 2 aliphatic rings. The molecular formula is C24H28N4O4S. The van der Waals surface area contributed by atoms with E-state index in [-0.39, 0.29) is 30.1 Å². The molecule has 8 nitrogen and oxygen atoms in total. The number of Topliss-reactive ketones (excluding diaryl/α,β-unsaturated/α-hetero) is 1. The predicted molar refractivity (Wildman–Crippen MR) is 123 cm³/mol. The van der Waals surface area contributed by atoms with E-state index in [4.69, 9.17) is 0 Å². The number of rotatable bonds is 7. The van der Waals surface area contributed by atoms with Crippen LogP contribution in [0.15, 0.2) is 41.4 Å². The molecule has 2 aromatic rings. The number of carbonyl (C=O) groups is 4. The van der Waals surface area contributed by atoms with Crippen molar-refractivity contribution in [2.24, 2.45) is 11.8 Å². The number of urea groups is 1. The van der Waals surface area contributed by atoms with Crippen molar-refractivity contribution in [3.05, 3.63) is 52.5 Å². The Labute approximate surface area is 197 Å². The van der Waals surface area contributed by atoms with Gasteiger partial charge in [-0.05, 0) is 53.6 Å². The standard InChI is InChI=1S/C24H28N4O4S/c1-3-16(2)20(29)21(30)27-10-6-18(7-11-27)24(19-5-4-9-25-13-19)22(31)28(23(32)26-24)14-17-8-12-33-15-17/h4-5,8-9,12-13,15-16,18H,3,6-7,10-11,14H2,1-2H3,(H,26,32)/t16-,24+/m0/s1. The van der Waals surface area contributed by atoms with Crippen LogP contribution in [0.2, 0.25) is 0 Å². The molecule has 4 heterocycles. The van der Waals surface area contributed by atoms with Gasteiger partial charge in [0.2, 0.25) is 5.78 Å². The minimum atomic E-state index is -1.24. The molecule has 2 atom stereocenters. The summed E-state index contributed by atoms with van der Waals surface area (Å²) in [6.07, 6.45) is 4.85. The number of imide groups is 1. The summed E-state index contributed by atoms with van der Waals surface area (Å²) < 4.78 is 0. The Kier molecular flexibility index (Phi) is 6.60. The van der Waals surface area contributed by atoms with E-state index < -0.39 is 17.5 Å². The Morgan fingerprint density at radius 2 is 2.03 bits per heavy atom. The third-order valence-electron chi connectivity index (χ3n) is 6.83. The molecule has 0 spiro atoms. The number of hydrogen-bond donors (Lipinski definition) is 1. The molecule has 0 bridgehead atoms. The maximum Gasteiger partial charge on any atom is 0.325 e. The first-order valence-corrected chi connectivity index (χ1v) is 12.2. The first kappa shape index (κ1) is 23.1. The molecule has 0 aromatic carbocycles. The highest BCUT2D eigenvalue weighted by molar-refractivity contribution is 7.07. The highest BCUT2D eigenvalue weighted by Gasteiger charge is 2.57. The van der Waals surface area contributed by atoms with E-state index in [1.165, 1.54) is 16.2 Å². The highest BCUT2D eigenvalue weighted by atomic mass is 32.1. The lowest BCUT2D eigenvalue weighted by molar-refractivity contribution is -0.148. The summed E-state index contributed by atoms with van der Waals surface area (Å²) >= 11 is 1.51. The topological polar surface area (TPSA) is 99.7 Å². The van der Waals surface area contributed by atoms with Crippen LogP contribution in [0.3, 0.4) is 0 Å². The van der Waals surface area contributed by atoms with Gasteiger partial charge in [-0.1, -0.05) is 19.9 Å². The Morgan fingerprint density at radius 3 is 2.64 bits per heavy atom. The minimum absolute atomic E-state index is 0.205. The fraction of sp³-hybridized carbons (Fsp3) is 0.458. The zero-order valence-electron chi connectivity index (χ0n) is 18.8. The fourth-order valence-electron chi connectivity index (χ4n) is 4.68. The van der Waals surface area contributed by atoms with Gasteiger partial charge in [0.15, 0.2) is 5.54 Å². The zero-order chi connectivity index (χ0) is 23.6. The van der Waals surface area contributed by atoms with Crippen LogP contribution in [0.1, 0.15) is 44.2 Å². The maximum atomic E-state index is 13.8. The van der Waals surface area contributed by atoms with Crippen molar-refractivity contribution in [3.63, 3.8) is 0 Å². The van der Waals surface area contributed by atoms with Crippen molar-refractivity contribution in [1.29, 1.82) is 0 Å². The van der Waals surface area contributed by atoms with Crippen LogP contribution in [0.5, 0.6) is 0 Å². The number of likely N-dealkylation sites (tertiary alicyclic amines) is 1. The molecular weight excluding hydrogens is 440 g/mol. The van der Waals surface area contributed by atoms with Gasteiger partial charge in [0.1, 0.15) is 0 Å². The largest absolute Gasteiger partial charge is 0.336 e. The third-order valence-corrected chi connectivity index (χ3v) is 7.57. The molecule has 174 valence electrons. The van der Waals surface area contributed by atoms with Gasteiger partial charge in [-0.2, -0.15) is 11.3 Å². The van der Waals surface area contributed by atoms with Gasteiger partial charge in [0.05, 0.1) is 6.54 Å². The van der Waals surface area contributed by atoms with Crippen LogP contribution >= 0.6 is 11.3 Å². The van der Waals surface area contributed by atoms with Crippen LogP contribution in [0, 0.1) is 11.8 Å². The molecule has 0 radical (unpaired) electrons. The summed E-state index contributed by atoms with van der Waals surface area (Å²) in [6.45, 7) is 4.58. The Bertz CT molecular complexity index is 1030. The summed E-state index contributed by atoms with van der Waals surface area (Å²) in [5, 5.41) is 6.82. The van der Waals surface area contributed by atoms with Crippen molar-refractivity contribution in [2.45, 2.75) is 45.2 Å². The normalized spacial score (nSPS) is 22.4. The van der Waals surface area contributed by atoms with Crippen molar-refractivity contribution in [1.82, 2.24) is 20.1 Å². The number of nitrogens with one attached hydrogen (secondary N) is 1. The molecule has 4 rings (SSSR count). The lowest BCUT2D eigenvalue weighted by atomic mass is 9.73. The second-order valence-corrected chi connectivity index (χ2v) is 9.52. The van der Waals surface area contributed by atoms with Gasteiger partial charge < -0.3 is 10.2 Å². The summed E-state index contributed by atoms with van der Waals surface area (Å²) in [4.78, 5) is 58.8. The SMILES string of the molecule is CC[C@H](C)C(=O)C(=O)N1CCC([C@]2(c3cccnc3)NC(=O)N(Cc3ccsc3)C2=O)CC1. The number of piperidine rings is 1. The zero-order valence-corrected chi connectivity index (χ0v) is 19.6. The first-order chi connectivity index (χ1) is 15.9. The predicted octanol–water partition coefficient (Wildman–Crippen LogP) is 2.94. The molecule has 0 unspecified atom stereocenters. The van der Waals surface area contributed by atoms with Crippen LogP contribution < -0.4 is 5.32 Å². The number of amides is 4. The number of thiophene rings is 1. The molecule has 0 aliphatic carbocycles. The van der Waals surface area contributed by atoms with Crippen LogP contribution in [-0.2, 0) is 26.5 Å². The van der Waals surface area contributed by atoms with Crippen LogP contribution in [-0.4, -0.2) is 51.5 Å². The lowest BCUT2D eigenvalue weighted by Crippen LogP contribution is -2.55. The quantitative estimate of drug-likeness (QED) is 0.498. The van der Waals surface area contributed by atoms with E-state index in [1.54, 1.807) is 30.3 Å². The van der Waals surface area contributed by atoms with Crippen molar-refractivity contribution in [3.8, 4) is 0 Å². The Balaban J connectivity index is 1.58. The third kappa shape index (κ3) is 4.17. The molecule has 0 saturated carbocycles. The summed E-state index contributed by atoms with van der Waals surface area (Å²) in [7, 11) is 0. The van der Waals surface area contributed by atoms with Gasteiger partial charge in [-0.15, -0.1) is 0 Å². The highest BCUT2D eigenvalue weighted by Crippen LogP contribution is 2.41. The van der Waals surface area contributed by atoms with E-state index in [0.717, 1.165) is 5.56 Å². The van der Waals surface area contributed by atoms with Gasteiger partial charge in [-0.25, -0.2) is 4.79 Å². The summed E-state index contributed by atoms with van der Waals surface area (Å²) in [5.41, 5.74) is 0.295. The number of carbonyl (C=O) groups excluding carboxylic acids is 4. The molecule has 2 aliphatic heterocycles. The van der Waals surface area contributed by atoms with E-state index in [0.29, 0.717) is 37.9 Å².